The largest absolute Gasteiger partial charge is 0.444 e. The first-order valence-corrected chi connectivity index (χ1v) is 15.5. The fraction of sp³-hybridized carbons (Fsp3) is 0.543. The zero-order valence-electron chi connectivity index (χ0n) is 28.0. The van der Waals surface area contributed by atoms with E-state index in [-0.39, 0.29) is 29.4 Å². The number of aldehydes is 2. The second-order valence-electron chi connectivity index (χ2n) is 13.5. The van der Waals surface area contributed by atoms with Gasteiger partial charge in [-0.15, -0.1) is 0 Å². The van der Waals surface area contributed by atoms with Crippen molar-refractivity contribution in [3.05, 3.63) is 64.5 Å². The minimum absolute atomic E-state index is 0.0369. The number of hydrogen-bond donors (Lipinski definition) is 2. The van der Waals surface area contributed by atoms with Crippen molar-refractivity contribution in [3.8, 4) is 0 Å². The zero-order valence-corrected chi connectivity index (χ0v) is 28.0. The van der Waals surface area contributed by atoms with Crippen LogP contribution in [-0.4, -0.2) is 61.1 Å². The highest BCUT2D eigenvalue weighted by molar-refractivity contribution is 5.85. The van der Waals surface area contributed by atoms with Crippen LogP contribution < -0.4 is 15.5 Å². The molecule has 1 aliphatic heterocycles. The van der Waals surface area contributed by atoms with Gasteiger partial charge in [0.15, 0.2) is 12.6 Å². The third kappa shape index (κ3) is 14.1. The van der Waals surface area contributed by atoms with Gasteiger partial charge >= 0.3 is 12.2 Å². The maximum atomic E-state index is 12.6. The molecule has 10 heteroatoms. The third-order valence-electron chi connectivity index (χ3n) is 6.92. The summed E-state index contributed by atoms with van der Waals surface area (Å²) >= 11 is 0. The SMILES string of the molecule is CC(C)(C)OC(=O)NC1CCCC1.Cc1ccc(C=O)c(F)c1.Cc1ccc(C=O)c(N2CC[C@@H](NC(=O)OC(C)(C)C)C2)c1. The van der Waals surface area contributed by atoms with Crippen molar-refractivity contribution in [1.82, 2.24) is 10.6 Å². The summed E-state index contributed by atoms with van der Waals surface area (Å²) in [6.45, 7) is 16.4. The van der Waals surface area contributed by atoms with Gasteiger partial charge in [-0.2, -0.15) is 0 Å². The van der Waals surface area contributed by atoms with Crippen LogP contribution in [0, 0.1) is 19.7 Å². The molecule has 2 N–H and O–H groups in total. The van der Waals surface area contributed by atoms with Gasteiger partial charge in [0.05, 0.1) is 11.6 Å². The van der Waals surface area contributed by atoms with E-state index >= 15 is 0 Å². The maximum Gasteiger partial charge on any atom is 0.407 e. The number of amides is 2. The standard InChI is InChI=1S/C17H24N2O3.C10H19NO2.C8H7FO/c1-12-5-6-13(11-20)15(9-12)19-8-7-14(10-19)18-16(21)22-17(2,3)4;1-10(2,3)13-9(12)11-8-6-4-5-7-8;1-6-2-3-7(5-10)8(9)4-6/h5-6,9,11,14H,7-8,10H2,1-4H3,(H,18,21);8H,4-7H2,1-3H3,(H,11,12);2-5H,1H3/t14-;;/m1../s1. The van der Waals surface area contributed by atoms with E-state index in [9.17, 15) is 23.6 Å². The highest BCUT2D eigenvalue weighted by atomic mass is 19.1. The molecule has 45 heavy (non-hydrogen) atoms. The Morgan fingerprint density at radius 2 is 1.27 bits per heavy atom. The van der Waals surface area contributed by atoms with E-state index in [0.717, 1.165) is 48.9 Å². The lowest BCUT2D eigenvalue weighted by atomic mass is 10.1. The average molecular weight is 628 g/mol. The van der Waals surface area contributed by atoms with Crippen LogP contribution in [0.5, 0.6) is 0 Å². The van der Waals surface area contributed by atoms with Gasteiger partial charge in [0.25, 0.3) is 0 Å². The van der Waals surface area contributed by atoms with Crippen molar-refractivity contribution in [3.63, 3.8) is 0 Å². The first kappa shape index (κ1) is 37.2. The van der Waals surface area contributed by atoms with Crippen LogP contribution in [0.4, 0.5) is 19.7 Å². The summed E-state index contributed by atoms with van der Waals surface area (Å²) in [5.41, 5.74) is 2.79. The van der Waals surface area contributed by atoms with Crippen molar-refractivity contribution in [2.75, 3.05) is 18.0 Å². The number of hydrogen-bond acceptors (Lipinski definition) is 7. The Bertz CT molecular complexity index is 1300. The van der Waals surface area contributed by atoms with Crippen LogP contribution >= 0.6 is 0 Å². The van der Waals surface area contributed by atoms with Gasteiger partial charge in [-0.05, 0) is 110 Å². The molecule has 9 nitrogen and oxygen atoms in total. The molecular formula is C35H50FN3O6. The fourth-order valence-corrected chi connectivity index (χ4v) is 4.87. The number of anilines is 1. The molecule has 248 valence electrons. The predicted molar refractivity (Wildman–Crippen MR) is 175 cm³/mol. The molecule has 1 saturated heterocycles. The van der Waals surface area contributed by atoms with Gasteiger partial charge in [0.2, 0.25) is 0 Å². The molecule has 2 amide bonds. The van der Waals surface area contributed by atoms with Crippen LogP contribution in [-0.2, 0) is 9.47 Å². The predicted octanol–water partition coefficient (Wildman–Crippen LogP) is 7.31. The molecule has 0 unspecified atom stereocenters. The number of rotatable bonds is 5. The Morgan fingerprint density at radius 3 is 1.76 bits per heavy atom. The summed E-state index contributed by atoms with van der Waals surface area (Å²) < 4.78 is 23.0. The topological polar surface area (TPSA) is 114 Å². The molecule has 1 aliphatic carbocycles. The van der Waals surface area contributed by atoms with E-state index in [2.05, 4.69) is 15.5 Å². The van der Waals surface area contributed by atoms with Crippen LogP contribution in [0.3, 0.4) is 0 Å². The summed E-state index contributed by atoms with van der Waals surface area (Å²) in [5.74, 6) is -0.449. The highest BCUT2D eigenvalue weighted by Crippen LogP contribution is 2.25. The van der Waals surface area contributed by atoms with Crippen LogP contribution in [0.15, 0.2) is 36.4 Å². The van der Waals surface area contributed by atoms with E-state index in [1.165, 1.54) is 25.0 Å². The minimum Gasteiger partial charge on any atom is -0.444 e. The number of halogens is 1. The van der Waals surface area contributed by atoms with Gasteiger partial charge in [0.1, 0.15) is 17.0 Å². The van der Waals surface area contributed by atoms with Crippen LogP contribution in [0.1, 0.15) is 105 Å². The normalized spacial score (nSPS) is 16.4. The average Bonchev–Trinajstić information content (AvgIpc) is 3.59. The van der Waals surface area contributed by atoms with Gasteiger partial charge < -0.3 is 25.0 Å². The van der Waals surface area contributed by atoms with Gasteiger partial charge in [0, 0.05) is 30.4 Å². The summed E-state index contributed by atoms with van der Waals surface area (Å²) in [6.07, 6.45) is 6.20. The molecule has 0 bridgehead atoms. The lowest BCUT2D eigenvalue weighted by molar-refractivity contribution is 0.0495. The van der Waals surface area contributed by atoms with E-state index in [1.54, 1.807) is 13.0 Å². The molecule has 0 radical (unpaired) electrons. The second kappa shape index (κ2) is 16.9. The molecule has 4 rings (SSSR count). The molecule has 1 heterocycles. The minimum atomic E-state index is -0.496. The van der Waals surface area contributed by atoms with Crippen LogP contribution in [0.2, 0.25) is 0 Å². The van der Waals surface area contributed by atoms with Gasteiger partial charge in [-0.1, -0.05) is 25.0 Å². The van der Waals surface area contributed by atoms with Gasteiger partial charge in [-0.25, -0.2) is 14.0 Å². The van der Waals surface area contributed by atoms with E-state index in [1.807, 2.05) is 66.7 Å². The summed E-state index contributed by atoms with van der Waals surface area (Å²) in [6, 6.07) is 10.7. The Kier molecular flexibility index (Phi) is 14.0. The number of nitrogens with zero attached hydrogens (tertiary/aromatic N) is 1. The number of benzene rings is 2. The zero-order chi connectivity index (χ0) is 33.8. The number of nitrogens with one attached hydrogen (secondary N) is 2. The van der Waals surface area contributed by atoms with E-state index in [0.29, 0.717) is 24.4 Å². The Hall–Kier alpha value is -3.95. The number of ether oxygens (including phenoxy) is 2. The van der Waals surface area contributed by atoms with E-state index in [4.69, 9.17) is 9.47 Å². The lowest BCUT2D eigenvalue weighted by Gasteiger charge is -2.23. The molecular weight excluding hydrogens is 577 g/mol. The lowest BCUT2D eigenvalue weighted by Crippen LogP contribution is -2.40. The number of carbonyl (C=O) groups excluding carboxylic acids is 4. The number of alkyl carbamates (subject to hydrolysis) is 2. The number of aryl methyl sites for hydroxylation is 2. The molecule has 1 atom stereocenters. The third-order valence-corrected chi connectivity index (χ3v) is 6.92. The second-order valence-corrected chi connectivity index (χ2v) is 13.5. The Labute approximate surface area is 267 Å². The molecule has 2 aromatic rings. The van der Waals surface area contributed by atoms with Crippen molar-refractivity contribution < 1.29 is 33.0 Å². The van der Waals surface area contributed by atoms with Gasteiger partial charge in [-0.3, -0.25) is 9.59 Å². The fourth-order valence-electron chi connectivity index (χ4n) is 4.87. The van der Waals surface area contributed by atoms with Crippen LogP contribution in [0.25, 0.3) is 0 Å². The molecule has 1 saturated carbocycles. The van der Waals surface area contributed by atoms with E-state index < -0.39 is 11.4 Å². The Balaban J connectivity index is 0.000000259. The van der Waals surface area contributed by atoms with Crippen molar-refractivity contribution in [1.29, 1.82) is 0 Å². The monoisotopic (exact) mass is 627 g/mol. The molecule has 2 aliphatic rings. The number of carbonyl (C=O) groups is 4. The van der Waals surface area contributed by atoms with Crippen molar-refractivity contribution in [2.24, 2.45) is 0 Å². The smallest absolute Gasteiger partial charge is 0.407 e. The maximum absolute atomic E-state index is 12.6. The highest BCUT2D eigenvalue weighted by Gasteiger charge is 2.27. The molecule has 0 aromatic heterocycles. The Morgan fingerprint density at radius 1 is 0.778 bits per heavy atom. The summed E-state index contributed by atoms with van der Waals surface area (Å²) in [7, 11) is 0. The first-order chi connectivity index (χ1) is 21.0. The molecule has 2 fully saturated rings. The van der Waals surface area contributed by atoms with Crippen molar-refractivity contribution in [2.45, 2.75) is 111 Å². The quantitative estimate of drug-likeness (QED) is 0.334. The first-order valence-electron chi connectivity index (χ1n) is 15.5. The summed E-state index contributed by atoms with van der Waals surface area (Å²) in [4.78, 5) is 46.5. The molecule has 0 spiro atoms. The van der Waals surface area contributed by atoms with Crippen molar-refractivity contribution >= 4 is 30.4 Å². The summed E-state index contributed by atoms with van der Waals surface area (Å²) in [5, 5.41) is 5.77. The molecule has 2 aromatic carbocycles.